The third-order valence-electron chi connectivity index (χ3n) is 4.05. The standard InChI is InChI=1S/C16H24BrNO/c1-19-13-14-7-9-18(10-8-14)12-16(11-17)15-5-3-2-4-6-15/h2-6,14,16H,7-13H2,1H3. The number of alkyl halides is 1. The molecule has 2 rings (SSSR count). The fourth-order valence-electron chi connectivity index (χ4n) is 2.85. The van der Waals surface area contributed by atoms with Gasteiger partial charge in [0, 0.05) is 31.5 Å². The van der Waals surface area contributed by atoms with Crippen LogP contribution in [0.5, 0.6) is 0 Å². The molecule has 0 spiro atoms. The van der Waals surface area contributed by atoms with Crippen molar-refractivity contribution in [2.75, 3.05) is 38.7 Å². The van der Waals surface area contributed by atoms with E-state index in [9.17, 15) is 0 Å². The fourth-order valence-corrected chi connectivity index (χ4v) is 3.43. The van der Waals surface area contributed by atoms with Crippen molar-refractivity contribution in [3.8, 4) is 0 Å². The van der Waals surface area contributed by atoms with E-state index in [0.29, 0.717) is 5.92 Å². The van der Waals surface area contributed by atoms with Gasteiger partial charge in [-0.3, -0.25) is 0 Å². The van der Waals surface area contributed by atoms with Crippen molar-refractivity contribution in [1.82, 2.24) is 4.90 Å². The number of halogens is 1. The predicted molar refractivity (Wildman–Crippen MR) is 84.0 cm³/mol. The van der Waals surface area contributed by atoms with Gasteiger partial charge in [0.2, 0.25) is 0 Å². The van der Waals surface area contributed by atoms with Crippen LogP contribution in [0.15, 0.2) is 30.3 Å². The van der Waals surface area contributed by atoms with E-state index in [4.69, 9.17) is 4.74 Å². The monoisotopic (exact) mass is 325 g/mol. The summed E-state index contributed by atoms with van der Waals surface area (Å²) in [7, 11) is 1.81. The Hall–Kier alpha value is -0.380. The summed E-state index contributed by atoms with van der Waals surface area (Å²) in [4.78, 5) is 2.60. The molecule has 0 saturated carbocycles. The van der Waals surface area contributed by atoms with Crippen LogP contribution in [0.4, 0.5) is 0 Å². The largest absolute Gasteiger partial charge is 0.384 e. The van der Waals surface area contributed by atoms with E-state index in [0.717, 1.165) is 24.4 Å². The highest BCUT2D eigenvalue weighted by molar-refractivity contribution is 9.09. The molecule has 1 aromatic rings. The smallest absolute Gasteiger partial charge is 0.0491 e. The molecule has 0 aliphatic carbocycles. The van der Waals surface area contributed by atoms with E-state index in [1.807, 2.05) is 7.11 Å². The van der Waals surface area contributed by atoms with Gasteiger partial charge in [-0.15, -0.1) is 0 Å². The Bertz CT molecular complexity index is 349. The zero-order valence-corrected chi connectivity index (χ0v) is 13.3. The zero-order chi connectivity index (χ0) is 13.5. The minimum Gasteiger partial charge on any atom is -0.384 e. The van der Waals surface area contributed by atoms with Crippen molar-refractivity contribution < 1.29 is 4.74 Å². The molecular weight excluding hydrogens is 302 g/mol. The first kappa shape index (κ1) is 15.0. The van der Waals surface area contributed by atoms with Crippen LogP contribution in [0.1, 0.15) is 24.3 Å². The molecule has 1 atom stereocenters. The van der Waals surface area contributed by atoms with Crippen LogP contribution >= 0.6 is 15.9 Å². The quantitative estimate of drug-likeness (QED) is 0.742. The average Bonchev–Trinajstić information content (AvgIpc) is 2.48. The molecule has 0 radical (unpaired) electrons. The summed E-state index contributed by atoms with van der Waals surface area (Å²) < 4.78 is 5.26. The molecule has 0 N–H and O–H groups in total. The summed E-state index contributed by atoms with van der Waals surface area (Å²) in [6, 6.07) is 10.8. The van der Waals surface area contributed by atoms with E-state index >= 15 is 0 Å². The first-order chi connectivity index (χ1) is 9.33. The molecule has 1 aliphatic heterocycles. The lowest BCUT2D eigenvalue weighted by Crippen LogP contribution is -2.37. The SMILES string of the molecule is COCC1CCN(CC(CBr)c2ccccc2)CC1. The van der Waals surface area contributed by atoms with Gasteiger partial charge in [-0.2, -0.15) is 0 Å². The van der Waals surface area contributed by atoms with E-state index < -0.39 is 0 Å². The van der Waals surface area contributed by atoms with Crippen molar-refractivity contribution in [3.05, 3.63) is 35.9 Å². The summed E-state index contributed by atoms with van der Waals surface area (Å²) in [5, 5.41) is 1.04. The normalized spacial score (nSPS) is 19.5. The first-order valence-electron chi connectivity index (χ1n) is 7.15. The van der Waals surface area contributed by atoms with Crippen molar-refractivity contribution in [1.29, 1.82) is 0 Å². The number of likely N-dealkylation sites (tertiary alicyclic amines) is 1. The maximum Gasteiger partial charge on any atom is 0.0491 e. The Morgan fingerprint density at radius 2 is 1.95 bits per heavy atom. The summed E-state index contributed by atoms with van der Waals surface area (Å²) in [5.74, 6) is 1.36. The van der Waals surface area contributed by atoms with Gasteiger partial charge in [0.05, 0.1) is 0 Å². The molecule has 3 heteroatoms. The number of hydrogen-bond donors (Lipinski definition) is 0. The van der Waals surface area contributed by atoms with Gasteiger partial charge in [0.25, 0.3) is 0 Å². The molecule has 1 saturated heterocycles. The second-order valence-electron chi connectivity index (χ2n) is 5.46. The Kier molecular flexibility index (Phi) is 6.35. The van der Waals surface area contributed by atoms with Gasteiger partial charge in [-0.25, -0.2) is 0 Å². The Balaban J connectivity index is 1.84. The molecule has 1 unspecified atom stereocenters. The maximum absolute atomic E-state index is 5.26. The maximum atomic E-state index is 5.26. The highest BCUT2D eigenvalue weighted by Gasteiger charge is 2.21. The molecule has 1 aromatic carbocycles. The molecule has 1 heterocycles. The van der Waals surface area contributed by atoms with Crippen LogP contribution < -0.4 is 0 Å². The lowest BCUT2D eigenvalue weighted by Gasteiger charge is -2.33. The van der Waals surface area contributed by atoms with Crippen LogP contribution in [0.2, 0.25) is 0 Å². The van der Waals surface area contributed by atoms with E-state index in [2.05, 4.69) is 51.2 Å². The third-order valence-corrected chi connectivity index (χ3v) is 4.83. The molecule has 19 heavy (non-hydrogen) atoms. The van der Waals surface area contributed by atoms with Gasteiger partial charge in [0.1, 0.15) is 0 Å². The van der Waals surface area contributed by atoms with Crippen molar-refractivity contribution in [2.24, 2.45) is 5.92 Å². The molecule has 0 bridgehead atoms. The van der Waals surface area contributed by atoms with Crippen molar-refractivity contribution in [3.63, 3.8) is 0 Å². The van der Waals surface area contributed by atoms with Crippen LogP contribution in [-0.2, 0) is 4.74 Å². The molecule has 1 fully saturated rings. The van der Waals surface area contributed by atoms with E-state index in [-0.39, 0.29) is 0 Å². The van der Waals surface area contributed by atoms with Gasteiger partial charge in [-0.1, -0.05) is 46.3 Å². The van der Waals surface area contributed by atoms with Crippen molar-refractivity contribution >= 4 is 15.9 Å². The second kappa shape index (κ2) is 8.03. The fraction of sp³-hybridized carbons (Fsp3) is 0.625. The Morgan fingerprint density at radius 1 is 1.26 bits per heavy atom. The third kappa shape index (κ3) is 4.59. The lowest BCUT2D eigenvalue weighted by molar-refractivity contribution is 0.0978. The average molecular weight is 326 g/mol. The molecule has 106 valence electrons. The minimum atomic E-state index is 0.597. The first-order valence-corrected chi connectivity index (χ1v) is 8.27. The topological polar surface area (TPSA) is 12.5 Å². The second-order valence-corrected chi connectivity index (χ2v) is 6.11. The summed E-state index contributed by atoms with van der Waals surface area (Å²) >= 11 is 3.67. The lowest BCUT2D eigenvalue weighted by atomic mass is 9.95. The number of piperidine rings is 1. The van der Waals surface area contributed by atoms with Gasteiger partial charge in [0.15, 0.2) is 0 Å². The van der Waals surface area contributed by atoms with Crippen LogP contribution in [0, 0.1) is 5.92 Å². The van der Waals surface area contributed by atoms with Gasteiger partial charge in [-0.05, 0) is 37.4 Å². The number of benzene rings is 1. The van der Waals surface area contributed by atoms with E-state index in [1.54, 1.807) is 0 Å². The summed E-state index contributed by atoms with van der Waals surface area (Å²) in [5.41, 5.74) is 1.44. The molecule has 2 nitrogen and oxygen atoms in total. The number of methoxy groups -OCH3 is 1. The van der Waals surface area contributed by atoms with Crippen LogP contribution in [0.3, 0.4) is 0 Å². The highest BCUT2D eigenvalue weighted by atomic mass is 79.9. The number of rotatable bonds is 6. The number of nitrogens with zero attached hydrogens (tertiary/aromatic N) is 1. The molecular formula is C16H24BrNO. The zero-order valence-electron chi connectivity index (χ0n) is 11.7. The molecule has 0 amide bonds. The summed E-state index contributed by atoms with van der Waals surface area (Å²) in [6.45, 7) is 4.51. The Labute approximate surface area is 125 Å². The number of ether oxygens (including phenoxy) is 1. The van der Waals surface area contributed by atoms with Gasteiger partial charge < -0.3 is 9.64 Å². The highest BCUT2D eigenvalue weighted by Crippen LogP contribution is 2.23. The molecule has 0 aromatic heterocycles. The molecule has 1 aliphatic rings. The van der Waals surface area contributed by atoms with Gasteiger partial charge >= 0.3 is 0 Å². The number of hydrogen-bond acceptors (Lipinski definition) is 2. The van der Waals surface area contributed by atoms with Crippen LogP contribution in [-0.4, -0.2) is 43.6 Å². The summed E-state index contributed by atoms with van der Waals surface area (Å²) in [6.07, 6.45) is 2.55. The predicted octanol–water partition coefficient (Wildman–Crippen LogP) is 3.52. The van der Waals surface area contributed by atoms with Crippen molar-refractivity contribution in [2.45, 2.75) is 18.8 Å². The Morgan fingerprint density at radius 3 is 2.53 bits per heavy atom. The minimum absolute atomic E-state index is 0.597. The van der Waals surface area contributed by atoms with Crippen LogP contribution in [0.25, 0.3) is 0 Å². The van der Waals surface area contributed by atoms with E-state index in [1.165, 1.54) is 31.5 Å².